The number of benzene rings is 1. The predicted molar refractivity (Wildman–Crippen MR) is 140 cm³/mol. The Hall–Kier alpha value is -2.12. The van der Waals surface area contributed by atoms with E-state index in [4.69, 9.17) is 4.74 Å². The van der Waals surface area contributed by atoms with Crippen molar-refractivity contribution in [3.8, 4) is 0 Å². The minimum absolute atomic E-state index is 0.352. The maximum atomic E-state index is 13.5. The molecule has 36 heavy (non-hydrogen) atoms. The van der Waals surface area contributed by atoms with Gasteiger partial charge in [0.05, 0.1) is 12.6 Å². The Kier molecular flexibility index (Phi) is 10.2. The molecule has 1 saturated carbocycles. The molecular formula is C29H46N2O5. The largest absolute Gasteiger partial charge is 0.444 e. The summed E-state index contributed by atoms with van der Waals surface area (Å²) in [5.41, 5.74) is -0.0475. The molecule has 1 heterocycles. The number of carbonyl (C=O) groups excluding carboxylic acids is 2. The molecule has 4 unspecified atom stereocenters. The Balaban J connectivity index is 1.68. The van der Waals surface area contributed by atoms with Gasteiger partial charge in [0, 0.05) is 6.54 Å². The summed E-state index contributed by atoms with van der Waals surface area (Å²) in [6, 6.07) is 7.41. The minimum Gasteiger partial charge on any atom is -0.444 e. The lowest BCUT2D eigenvalue weighted by atomic mass is 9.78. The number of rotatable bonds is 8. The molecule has 0 bridgehead atoms. The van der Waals surface area contributed by atoms with Gasteiger partial charge in [0.25, 0.3) is 0 Å². The molecule has 1 aliphatic heterocycles. The smallest absolute Gasteiger partial charge is 0.410 e. The topological polar surface area (TPSA) is 99.1 Å². The second kappa shape index (κ2) is 12.9. The summed E-state index contributed by atoms with van der Waals surface area (Å²) in [6.45, 7) is 7.83. The molecular weight excluding hydrogens is 456 g/mol. The van der Waals surface area contributed by atoms with Crippen LogP contribution in [0.25, 0.3) is 0 Å². The van der Waals surface area contributed by atoms with Crippen molar-refractivity contribution in [2.24, 2.45) is 17.8 Å². The number of carbonyl (C=O) groups is 2. The predicted octanol–water partition coefficient (Wildman–Crippen LogP) is 4.82. The van der Waals surface area contributed by atoms with Crippen molar-refractivity contribution in [3.63, 3.8) is 0 Å². The zero-order valence-electron chi connectivity index (χ0n) is 22.5. The second-order valence-corrected chi connectivity index (χ2v) is 11.9. The van der Waals surface area contributed by atoms with Crippen LogP contribution in [0.4, 0.5) is 4.79 Å². The third-order valence-electron chi connectivity index (χ3n) is 7.81. The average molecular weight is 503 g/mol. The molecule has 1 aliphatic carbocycles. The van der Waals surface area contributed by atoms with Crippen LogP contribution in [0.3, 0.4) is 0 Å². The number of aliphatic hydroxyl groups excluding tert-OH is 2. The maximum absolute atomic E-state index is 13.5. The molecule has 3 rings (SSSR count). The number of nitrogens with zero attached hydrogens (tertiary/aromatic N) is 1. The number of aliphatic hydroxyl groups is 2. The van der Waals surface area contributed by atoms with E-state index < -0.39 is 36.5 Å². The third-order valence-corrected chi connectivity index (χ3v) is 7.81. The number of piperidine rings is 1. The molecule has 0 radical (unpaired) electrons. The van der Waals surface area contributed by atoms with Gasteiger partial charge in [-0.25, -0.2) is 4.79 Å². The van der Waals surface area contributed by atoms with E-state index in [0.717, 1.165) is 24.7 Å². The van der Waals surface area contributed by atoms with Crippen LogP contribution in [-0.4, -0.2) is 57.9 Å². The molecule has 4 atom stereocenters. The Morgan fingerprint density at radius 2 is 1.69 bits per heavy atom. The standard InChI is InChI=1S/C29H46N2O5/c1-20-10-12-21(13-11-20)14-15-22-16-17-31(28(35)36-29(2,3)4)25(18-22)27(34)30-24(19-32)26(33)23-8-6-5-7-9-23/h5-9,20-22,24-26,32-33H,10-19H2,1-4H3,(H,30,34). The van der Waals surface area contributed by atoms with Crippen LogP contribution < -0.4 is 5.32 Å². The Morgan fingerprint density at radius 1 is 1.06 bits per heavy atom. The van der Waals surface area contributed by atoms with Gasteiger partial charge >= 0.3 is 6.09 Å². The zero-order valence-corrected chi connectivity index (χ0v) is 22.5. The van der Waals surface area contributed by atoms with Crippen LogP contribution >= 0.6 is 0 Å². The molecule has 202 valence electrons. The van der Waals surface area contributed by atoms with E-state index in [1.54, 1.807) is 24.3 Å². The van der Waals surface area contributed by atoms with Crippen molar-refractivity contribution in [2.75, 3.05) is 13.2 Å². The molecule has 2 aliphatic rings. The molecule has 1 aromatic carbocycles. The van der Waals surface area contributed by atoms with E-state index in [2.05, 4.69) is 12.2 Å². The highest BCUT2D eigenvalue weighted by atomic mass is 16.6. The van der Waals surface area contributed by atoms with Crippen molar-refractivity contribution < 1.29 is 24.5 Å². The van der Waals surface area contributed by atoms with Crippen molar-refractivity contribution in [1.29, 1.82) is 0 Å². The van der Waals surface area contributed by atoms with Crippen molar-refractivity contribution in [2.45, 2.75) is 103 Å². The molecule has 7 nitrogen and oxygen atoms in total. The Morgan fingerprint density at radius 3 is 2.31 bits per heavy atom. The van der Waals surface area contributed by atoms with Crippen molar-refractivity contribution in [3.05, 3.63) is 35.9 Å². The van der Waals surface area contributed by atoms with Crippen LogP contribution in [0.1, 0.15) is 90.7 Å². The van der Waals surface area contributed by atoms with Gasteiger partial charge in [0.15, 0.2) is 0 Å². The number of nitrogens with one attached hydrogen (secondary N) is 1. The maximum Gasteiger partial charge on any atom is 0.410 e. The highest BCUT2D eigenvalue weighted by Crippen LogP contribution is 2.35. The molecule has 2 fully saturated rings. The van der Waals surface area contributed by atoms with Gasteiger partial charge in [-0.05, 0) is 56.9 Å². The van der Waals surface area contributed by atoms with Gasteiger partial charge in [-0.1, -0.05) is 75.8 Å². The summed E-state index contributed by atoms with van der Waals surface area (Å²) in [4.78, 5) is 28.0. The lowest BCUT2D eigenvalue weighted by Crippen LogP contribution is -2.57. The van der Waals surface area contributed by atoms with Gasteiger partial charge in [-0.2, -0.15) is 0 Å². The molecule has 0 aromatic heterocycles. The van der Waals surface area contributed by atoms with Crippen molar-refractivity contribution in [1.82, 2.24) is 10.2 Å². The lowest BCUT2D eigenvalue weighted by molar-refractivity contribution is -0.130. The third kappa shape index (κ3) is 8.20. The van der Waals surface area contributed by atoms with E-state index in [1.807, 2.05) is 26.8 Å². The van der Waals surface area contributed by atoms with Crippen LogP contribution in [0.15, 0.2) is 30.3 Å². The molecule has 0 spiro atoms. The van der Waals surface area contributed by atoms with Gasteiger partial charge < -0.3 is 20.3 Å². The minimum atomic E-state index is -1.05. The van der Waals surface area contributed by atoms with Crippen LogP contribution in [0.2, 0.25) is 0 Å². The van der Waals surface area contributed by atoms with E-state index in [1.165, 1.54) is 37.0 Å². The summed E-state index contributed by atoms with van der Waals surface area (Å²) in [7, 11) is 0. The fourth-order valence-corrected chi connectivity index (χ4v) is 5.56. The van der Waals surface area contributed by atoms with E-state index in [9.17, 15) is 19.8 Å². The first kappa shape index (κ1) is 28.5. The Bertz CT molecular complexity index is 832. The highest BCUT2D eigenvalue weighted by Gasteiger charge is 2.39. The van der Waals surface area contributed by atoms with Crippen molar-refractivity contribution >= 4 is 12.0 Å². The SMILES string of the molecule is CC1CCC(CCC2CCN(C(=O)OC(C)(C)C)C(C(=O)NC(CO)C(O)c3ccccc3)C2)CC1. The first-order valence-electron chi connectivity index (χ1n) is 13.7. The van der Waals surface area contributed by atoms with Crippen LogP contribution in [0.5, 0.6) is 0 Å². The fourth-order valence-electron chi connectivity index (χ4n) is 5.56. The van der Waals surface area contributed by atoms with E-state index in [-0.39, 0.29) is 5.91 Å². The van der Waals surface area contributed by atoms with Gasteiger partial charge in [-0.3, -0.25) is 9.69 Å². The first-order valence-corrected chi connectivity index (χ1v) is 13.7. The normalized spacial score (nSPS) is 26.7. The summed E-state index contributed by atoms with van der Waals surface area (Å²) in [6.07, 6.45) is 7.28. The summed E-state index contributed by atoms with van der Waals surface area (Å²) >= 11 is 0. The van der Waals surface area contributed by atoms with E-state index in [0.29, 0.717) is 24.4 Å². The Labute approximate surface area is 216 Å². The van der Waals surface area contributed by atoms with Crippen LogP contribution in [0, 0.1) is 17.8 Å². The quantitative estimate of drug-likeness (QED) is 0.473. The second-order valence-electron chi connectivity index (χ2n) is 11.9. The number of ether oxygens (including phenoxy) is 1. The number of hydrogen-bond acceptors (Lipinski definition) is 5. The highest BCUT2D eigenvalue weighted by molar-refractivity contribution is 5.86. The number of amides is 2. The van der Waals surface area contributed by atoms with Gasteiger partial charge in [0.2, 0.25) is 5.91 Å². The van der Waals surface area contributed by atoms with Gasteiger partial charge in [0.1, 0.15) is 17.7 Å². The monoisotopic (exact) mass is 502 g/mol. The lowest BCUT2D eigenvalue weighted by Gasteiger charge is -2.40. The summed E-state index contributed by atoms with van der Waals surface area (Å²) in [5, 5.41) is 23.6. The average Bonchev–Trinajstić information content (AvgIpc) is 2.85. The summed E-state index contributed by atoms with van der Waals surface area (Å²) < 4.78 is 5.61. The molecule has 7 heteroatoms. The molecule has 1 aromatic rings. The fraction of sp³-hybridized carbons (Fsp3) is 0.724. The van der Waals surface area contributed by atoms with Crippen LogP contribution in [-0.2, 0) is 9.53 Å². The molecule has 1 saturated heterocycles. The van der Waals surface area contributed by atoms with Gasteiger partial charge in [-0.15, -0.1) is 0 Å². The molecule has 3 N–H and O–H groups in total. The molecule has 2 amide bonds. The zero-order chi connectivity index (χ0) is 26.3. The first-order chi connectivity index (χ1) is 17.1. The van der Waals surface area contributed by atoms with E-state index >= 15 is 0 Å². The number of hydrogen-bond donors (Lipinski definition) is 3. The number of likely N-dealkylation sites (tertiary alicyclic amines) is 1. The summed E-state index contributed by atoms with van der Waals surface area (Å²) in [5.74, 6) is 1.59.